The highest BCUT2D eigenvalue weighted by molar-refractivity contribution is 6.30. The molecule has 3 aliphatic heterocycles. The maximum Gasteiger partial charge on any atom is 0.255 e. The van der Waals surface area contributed by atoms with Crippen molar-refractivity contribution in [2.75, 3.05) is 13.1 Å². The lowest BCUT2D eigenvalue weighted by molar-refractivity contribution is -0.136. The number of benzene rings is 3. The summed E-state index contributed by atoms with van der Waals surface area (Å²) < 4.78 is 6.21. The molecule has 0 saturated carbocycles. The minimum atomic E-state index is -0.613. The van der Waals surface area contributed by atoms with Gasteiger partial charge in [0.05, 0.1) is 0 Å². The lowest BCUT2D eigenvalue weighted by Crippen LogP contribution is -2.53. The molecule has 3 aromatic rings. The number of carbonyl (C=O) groups is 3. The van der Waals surface area contributed by atoms with Crippen molar-refractivity contribution in [3.8, 4) is 16.9 Å². The van der Waals surface area contributed by atoms with E-state index in [4.69, 9.17) is 16.3 Å². The number of likely N-dealkylation sites (tertiary alicyclic amines) is 1. The van der Waals surface area contributed by atoms with Crippen molar-refractivity contribution >= 4 is 29.3 Å². The topological polar surface area (TPSA) is 79.0 Å². The van der Waals surface area contributed by atoms with Crippen molar-refractivity contribution in [1.82, 2.24) is 15.1 Å². The van der Waals surface area contributed by atoms with Crippen LogP contribution in [0.25, 0.3) is 11.1 Å². The third kappa shape index (κ3) is 4.72. The van der Waals surface area contributed by atoms with Crippen LogP contribution in [0.1, 0.15) is 34.3 Å². The van der Waals surface area contributed by atoms with Crippen LogP contribution in [0.4, 0.5) is 0 Å². The van der Waals surface area contributed by atoms with Crippen LogP contribution in [0.3, 0.4) is 0 Å². The molecular weight excluding hydrogens is 490 g/mol. The number of nitrogens with one attached hydrogen (secondary N) is 1. The second-order valence-corrected chi connectivity index (χ2v) is 10.3. The number of halogens is 1. The molecule has 0 spiro atoms. The van der Waals surface area contributed by atoms with Gasteiger partial charge in [0.2, 0.25) is 11.8 Å². The highest BCUT2D eigenvalue weighted by Crippen LogP contribution is 2.32. The molecule has 0 aliphatic carbocycles. The molecule has 0 bridgehead atoms. The van der Waals surface area contributed by atoms with Gasteiger partial charge < -0.3 is 9.64 Å². The summed E-state index contributed by atoms with van der Waals surface area (Å²) >= 11 is 6.06. The molecular formula is C29H26ClN3O4. The Kier molecular flexibility index (Phi) is 6.18. The molecule has 1 atom stereocenters. The van der Waals surface area contributed by atoms with Gasteiger partial charge >= 0.3 is 0 Å². The third-order valence-electron chi connectivity index (χ3n) is 7.29. The maximum atomic E-state index is 12.9. The highest BCUT2D eigenvalue weighted by atomic mass is 35.5. The predicted octanol–water partition coefficient (Wildman–Crippen LogP) is 4.03. The Labute approximate surface area is 220 Å². The van der Waals surface area contributed by atoms with Gasteiger partial charge in [0.15, 0.2) is 0 Å². The lowest BCUT2D eigenvalue weighted by Gasteiger charge is -2.39. The first kappa shape index (κ1) is 23.7. The van der Waals surface area contributed by atoms with Crippen LogP contribution in [-0.2, 0) is 22.7 Å². The third-order valence-corrected chi connectivity index (χ3v) is 7.54. The van der Waals surface area contributed by atoms with Gasteiger partial charge in [-0.2, -0.15) is 0 Å². The van der Waals surface area contributed by atoms with Crippen LogP contribution in [0, 0.1) is 0 Å². The summed E-state index contributed by atoms with van der Waals surface area (Å²) in [5, 5.41) is 3.06. The van der Waals surface area contributed by atoms with E-state index in [1.165, 1.54) is 11.1 Å². The van der Waals surface area contributed by atoms with Gasteiger partial charge in [-0.05, 0) is 59.0 Å². The average molecular weight is 516 g/mol. The fourth-order valence-corrected chi connectivity index (χ4v) is 5.48. The summed E-state index contributed by atoms with van der Waals surface area (Å²) in [4.78, 5) is 40.5. The number of hydrogen-bond donors (Lipinski definition) is 1. The van der Waals surface area contributed by atoms with Gasteiger partial charge in [-0.25, -0.2) is 0 Å². The Morgan fingerprint density at radius 3 is 2.51 bits per heavy atom. The van der Waals surface area contributed by atoms with E-state index in [-0.39, 0.29) is 24.3 Å². The summed E-state index contributed by atoms with van der Waals surface area (Å²) in [5.74, 6) is -0.140. The van der Waals surface area contributed by atoms with Gasteiger partial charge in [-0.15, -0.1) is 0 Å². The zero-order valence-electron chi connectivity index (χ0n) is 20.2. The Morgan fingerprint density at radius 1 is 0.946 bits per heavy atom. The van der Waals surface area contributed by atoms with Crippen molar-refractivity contribution in [2.24, 2.45) is 0 Å². The zero-order chi connectivity index (χ0) is 25.5. The summed E-state index contributed by atoms with van der Waals surface area (Å²) in [6, 6.07) is 21.2. The number of imide groups is 1. The molecule has 3 aromatic carbocycles. The minimum absolute atomic E-state index is 0.0732. The van der Waals surface area contributed by atoms with Crippen LogP contribution >= 0.6 is 11.6 Å². The Balaban J connectivity index is 1.07. The molecule has 8 heteroatoms. The molecule has 1 unspecified atom stereocenters. The first-order chi connectivity index (χ1) is 17.9. The number of ether oxygens (including phenoxy) is 1. The van der Waals surface area contributed by atoms with Crippen molar-refractivity contribution in [3.63, 3.8) is 0 Å². The maximum absolute atomic E-state index is 12.9. The van der Waals surface area contributed by atoms with E-state index in [1.807, 2.05) is 36.4 Å². The van der Waals surface area contributed by atoms with Crippen molar-refractivity contribution in [2.45, 2.75) is 38.1 Å². The molecule has 37 heavy (non-hydrogen) atoms. The van der Waals surface area contributed by atoms with E-state index in [1.54, 1.807) is 11.0 Å². The molecule has 188 valence electrons. The first-order valence-corrected chi connectivity index (χ1v) is 12.8. The van der Waals surface area contributed by atoms with Crippen LogP contribution in [0.15, 0.2) is 66.7 Å². The summed E-state index contributed by atoms with van der Waals surface area (Å²) in [5.41, 5.74) is 5.04. The normalized spacial score (nSPS) is 20.0. The summed E-state index contributed by atoms with van der Waals surface area (Å²) in [6.45, 7) is 2.80. The zero-order valence-corrected chi connectivity index (χ0v) is 20.9. The molecule has 7 nitrogen and oxygen atoms in total. The second-order valence-electron chi connectivity index (χ2n) is 9.82. The molecule has 1 N–H and O–H groups in total. The number of nitrogens with zero attached hydrogens (tertiary/aromatic N) is 2. The SMILES string of the molecule is O=C1CCC(N2Cc3cc(OC4CN(Cc5ccccc5-c5ccc(Cl)cc5)C4)ccc3C2=O)C(=O)N1. The monoisotopic (exact) mass is 515 g/mol. The van der Waals surface area contributed by atoms with Gasteiger partial charge in [0.25, 0.3) is 5.91 Å². The molecule has 2 saturated heterocycles. The van der Waals surface area contributed by atoms with E-state index in [2.05, 4.69) is 34.5 Å². The van der Waals surface area contributed by atoms with Gasteiger partial charge in [-0.3, -0.25) is 24.6 Å². The minimum Gasteiger partial charge on any atom is -0.488 e. The van der Waals surface area contributed by atoms with Crippen LogP contribution in [0.2, 0.25) is 5.02 Å². The molecule has 6 rings (SSSR count). The Morgan fingerprint density at radius 2 is 1.73 bits per heavy atom. The van der Waals surface area contributed by atoms with Crippen molar-refractivity contribution in [3.05, 3.63) is 88.4 Å². The van der Waals surface area contributed by atoms with Gasteiger partial charge in [0.1, 0.15) is 17.9 Å². The number of hydrogen-bond acceptors (Lipinski definition) is 5. The van der Waals surface area contributed by atoms with E-state index in [0.717, 1.165) is 41.5 Å². The van der Waals surface area contributed by atoms with Crippen LogP contribution in [-0.4, -0.2) is 52.8 Å². The highest BCUT2D eigenvalue weighted by Gasteiger charge is 2.39. The standard InChI is InChI=1S/C29H26ClN3O4/c30-21-7-5-18(6-8-21)24-4-2-1-3-19(24)14-32-16-23(17-32)37-22-9-10-25-20(13-22)15-33(29(25)36)26-11-12-27(34)31-28(26)35/h1-10,13,23,26H,11-12,14-17H2,(H,31,34,35). The molecule has 3 amide bonds. The molecule has 2 fully saturated rings. The average Bonchev–Trinajstić information content (AvgIpc) is 3.19. The predicted molar refractivity (Wildman–Crippen MR) is 139 cm³/mol. The Hall–Kier alpha value is -3.68. The quantitative estimate of drug-likeness (QED) is 0.501. The van der Waals surface area contributed by atoms with E-state index >= 15 is 0 Å². The number of carbonyl (C=O) groups excluding carboxylic acids is 3. The lowest BCUT2D eigenvalue weighted by atomic mass is 9.98. The van der Waals surface area contributed by atoms with E-state index in [0.29, 0.717) is 18.5 Å². The molecule has 3 aliphatic rings. The fraction of sp³-hybridized carbons (Fsp3) is 0.276. The molecule has 3 heterocycles. The number of amides is 3. The van der Waals surface area contributed by atoms with Gasteiger partial charge in [-0.1, -0.05) is 48.0 Å². The summed E-state index contributed by atoms with van der Waals surface area (Å²) in [7, 11) is 0. The largest absolute Gasteiger partial charge is 0.488 e. The van der Waals surface area contributed by atoms with E-state index in [9.17, 15) is 14.4 Å². The number of rotatable bonds is 6. The Bertz CT molecular complexity index is 1380. The number of piperidine rings is 1. The van der Waals surface area contributed by atoms with Crippen LogP contribution < -0.4 is 10.1 Å². The fourth-order valence-electron chi connectivity index (χ4n) is 5.35. The van der Waals surface area contributed by atoms with E-state index < -0.39 is 11.9 Å². The number of fused-ring (bicyclic) bond motifs is 1. The smallest absolute Gasteiger partial charge is 0.255 e. The first-order valence-electron chi connectivity index (χ1n) is 12.4. The van der Waals surface area contributed by atoms with Crippen molar-refractivity contribution in [1.29, 1.82) is 0 Å². The molecule has 0 aromatic heterocycles. The van der Waals surface area contributed by atoms with Crippen molar-refractivity contribution < 1.29 is 19.1 Å². The second kappa shape index (κ2) is 9.65. The summed E-state index contributed by atoms with van der Waals surface area (Å²) in [6.07, 6.45) is 0.671. The van der Waals surface area contributed by atoms with Crippen LogP contribution in [0.5, 0.6) is 5.75 Å². The van der Waals surface area contributed by atoms with Gasteiger partial charge in [0, 0.05) is 43.2 Å². The molecule has 0 radical (unpaired) electrons.